The van der Waals surface area contributed by atoms with E-state index in [0.717, 1.165) is 0 Å². The van der Waals surface area contributed by atoms with Crippen LogP contribution in [0.2, 0.25) is 5.02 Å². The largest absolute Gasteiger partial charge is 0.486 e. The van der Waals surface area contributed by atoms with Crippen LogP contribution in [0, 0.1) is 0 Å². The van der Waals surface area contributed by atoms with Crippen LogP contribution in [0.1, 0.15) is 15.2 Å². The molecule has 2 aromatic rings. The van der Waals surface area contributed by atoms with Gasteiger partial charge in [-0.1, -0.05) is 11.6 Å². The summed E-state index contributed by atoms with van der Waals surface area (Å²) in [5, 5.41) is 4.82. The molecule has 126 valence electrons. The Morgan fingerprint density at radius 3 is 2.92 bits per heavy atom. The number of hydrogen-bond acceptors (Lipinski definition) is 6. The maximum absolute atomic E-state index is 12.2. The van der Waals surface area contributed by atoms with E-state index in [1.165, 1.54) is 18.4 Å². The second-order valence-electron chi connectivity index (χ2n) is 4.98. The number of nitrogens with one attached hydrogen (secondary N) is 1. The monoisotopic (exact) mass is 367 g/mol. The van der Waals surface area contributed by atoms with Crippen LogP contribution >= 0.6 is 22.9 Å². The van der Waals surface area contributed by atoms with Crippen LogP contribution < -0.4 is 14.8 Å². The average molecular weight is 368 g/mol. The van der Waals surface area contributed by atoms with E-state index in [-0.39, 0.29) is 12.3 Å². The van der Waals surface area contributed by atoms with Gasteiger partial charge in [0.1, 0.15) is 18.1 Å². The van der Waals surface area contributed by atoms with E-state index in [0.29, 0.717) is 45.9 Å². The maximum atomic E-state index is 12.2. The number of methoxy groups -OCH3 is 1. The molecule has 0 fully saturated rings. The SMILES string of the molecule is COC(=O)c1sccc1NC(=O)Cc1cc(Cl)c2c(c1)OCCO2. The number of halogens is 1. The minimum Gasteiger partial charge on any atom is -0.486 e. The molecule has 1 aliphatic rings. The topological polar surface area (TPSA) is 73.9 Å². The van der Waals surface area contributed by atoms with E-state index in [4.69, 9.17) is 21.1 Å². The van der Waals surface area contributed by atoms with Crippen molar-refractivity contribution in [2.45, 2.75) is 6.42 Å². The molecule has 2 heterocycles. The Balaban J connectivity index is 1.73. The van der Waals surface area contributed by atoms with E-state index >= 15 is 0 Å². The molecule has 3 rings (SSSR count). The molecule has 6 nitrogen and oxygen atoms in total. The summed E-state index contributed by atoms with van der Waals surface area (Å²) < 4.78 is 15.6. The van der Waals surface area contributed by atoms with Gasteiger partial charge in [-0.05, 0) is 29.1 Å². The number of ether oxygens (including phenoxy) is 3. The third-order valence-corrected chi connectivity index (χ3v) is 4.51. The molecule has 0 saturated heterocycles. The molecule has 0 aliphatic carbocycles. The number of anilines is 1. The highest BCUT2D eigenvalue weighted by Crippen LogP contribution is 2.38. The van der Waals surface area contributed by atoms with E-state index in [2.05, 4.69) is 10.1 Å². The summed E-state index contributed by atoms with van der Waals surface area (Å²) >= 11 is 7.37. The standard InChI is InChI=1S/C16H14ClNO5S/c1-21-16(20)15-11(2-5-24-15)18-13(19)8-9-6-10(17)14-12(7-9)22-3-4-23-14/h2,5-7H,3-4,8H2,1H3,(H,18,19). The first-order valence-electron chi connectivity index (χ1n) is 7.12. The number of esters is 1. The van der Waals surface area contributed by atoms with Gasteiger partial charge in [-0.2, -0.15) is 0 Å². The van der Waals surface area contributed by atoms with Crippen molar-refractivity contribution >= 4 is 40.5 Å². The zero-order valence-electron chi connectivity index (χ0n) is 12.8. The van der Waals surface area contributed by atoms with Gasteiger partial charge in [-0.15, -0.1) is 11.3 Å². The summed E-state index contributed by atoms with van der Waals surface area (Å²) in [5.41, 5.74) is 1.12. The van der Waals surface area contributed by atoms with E-state index < -0.39 is 5.97 Å². The summed E-state index contributed by atoms with van der Waals surface area (Å²) in [6.07, 6.45) is 0.0901. The van der Waals surface area contributed by atoms with Gasteiger partial charge in [0.2, 0.25) is 5.91 Å². The molecular weight excluding hydrogens is 354 g/mol. The first-order chi connectivity index (χ1) is 11.6. The van der Waals surface area contributed by atoms with Crippen molar-refractivity contribution in [3.05, 3.63) is 39.0 Å². The first kappa shape index (κ1) is 16.6. The highest BCUT2D eigenvalue weighted by molar-refractivity contribution is 7.12. The van der Waals surface area contributed by atoms with Crippen LogP contribution in [0.4, 0.5) is 5.69 Å². The van der Waals surface area contributed by atoms with Gasteiger partial charge in [0.15, 0.2) is 11.5 Å². The predicted molar refractivity (Wildman–Crippen MR) is 90.4 cm³/mol. The number of hydrogen-bond donors (Lipinski definition) is 1. The zero-order valence-corrected chi connectivity index (χ0v) is 14.3. The molecule has 1 N–H and O–H groups in total. The smallest absolute Gasteiger partial charge is 0.350 e. The van der Waals surface area contributed by atoms with Crippen LogP contribution in [0.5, 0.6) is 11.5 Å². The fourth-order valence-corrected chi connectivity index (χ4v) is 3.36. The summed E-state index contributed by atoms with van der Waals surface area (Å²) in [6.45, 7) is 0.886. The van der Waals surface area contributed by atoms with Gasteiger partial charge in [0.25, 0.3) is 0 Å². The van der Waals surface area contributed by atoms with Gasteiger partial charge in [-0.3, -0.25) is 4.79 Å². The second-order valence-corrected chi connectivity index (χ2v) is 6.31. The highest BCUT2D eigenvalue weighted by Gasteiger charge is 2.19. The first-order valence-corrected chi connectivity index (χ1v) is 8.38. The summed E-state index contributed by atoms with van der Waals surface area (Å²) in [5.74, 6) is 0.272. The van der Waals surface area contributed by atoms with E-state index in [9.17, 15) is 9.59 Å². The molecule has 8 heteroatoms. The van der Waals surface area contributed by atoms with Crippen molar-refractivity contribution in [1.82, 2.24) is 0 Å². The van der Waals surface area contributed by atoms with Crippen LogP contribution in [-0.4, -0.2) is 32.2 Å². The van der Waals surface area contributed by atoms with Crippen molar-refractivity contribution in [1.29, 1.82) is 0 Å². The lowest BCUT2D eigenvalue weighted by atomic mass is 10.1. The van der Waals surface area contributed by atoms with Crippen molar-refractivity contribution in [3.8, 4) is 11.5 Å². The Morgan fingerprint density at radius 2 is 2.12 bits per heavy atom. The van der Waals surface area contributed by atoms with Crippen molar-refractivity contribution in [2.24, 2.45) is 0 Å². The molecular formula is C16H14ClNO5S. The molecule has 1 aliphatic heterocycles. The number of rotatable bonds is 4. The summed E-state index contributed by atoms with van der Waals surface area (Å²) in [6, 6.07) is 5.06. The molecule has 0 spiro atoms. The van der Waals surface area contributed by atoms with Crippen LogP contribution in [-0.2, 0) is 16.0 Å². The Hall–Kier alpha value is -2.25. The van der Waals surface area contributed by atoms with Crippen LogP contribution in [0.15, 0.2) is 23.6 Å². The van der Waals surface area contributed by atoms with Crippen LogP contribution in [0.25, 0.3) is 0 Å². The minimum absolute atomic E-state index is 0.0901. The molecule has 1 aromatic heterocycles. The lowest BCUT2D eigenvalue weighted by Crippen LogP contribution is -2.18. The van der Waals surface area contributed by atoms with Crippen LogP contribution in [0.3, 0.4) is 0 Å². The summed E-state index contributed by atoms with van der Waals surface area (Å²) in [7, 11) is 1.30. The Labute approximate surface area is 147 Å². The van der Waals surface area contributed by atoms with Gasteiger partial charge in [0, 0.05) is 0 Å². The van der Waals surface area contributed by atoms with Gasteiger partial charge < -0.3 is 19.5 Å². The third-order valence-electron chi connectivity index (χ3n) is 3.33. The number of amides is 1. The van der Waals surface area contributed by atoms with E-state index in [1.54, 1.807) is 23.6 Å². The Kier molecular flexibility index (Phi) is 4.92. The molecule has 0 radical (unpaired) electrons. The molecule has 0 bridgehead atoms. The van der Waals surface area contributed by atoms with Crippen molar-refractivity contribution in [3.63, 3.8) is 0 Å². The molecule has 1 amide bonds. The number of carbonyl (C=O) groups excluding carboxylic acids is 2. The van der Waals surface area contributed by atoms with Crippen molar-refractivity contribution < 1.29 is 23.8 Å². The quantitative estimate of drug-likeness (QED) is 0.840. The zero-order chi connectivity index (χ0) is 17.1. The number of carbonyl (C=O) groups is 2. The van der Waals surface area contributed by atoms with Gasteiger partial charge in [-0.25, -0.2) is 4.79 Å². The number of fused-ring (bicyclic) bond motifs is 1. The average Bonchev–Trinajstić information content (AvgIpc) is 3.02. The third kappa shape index (κ3) is 3.47. The maximum Gasteiger partial charge on any atom is 0.350 e. The molecule has 1 aromatic carbocycles. The second kappa shape index (κ2) is 7.11. The van der Waals surface area contributed by atoms with Gasteiger partial charge >= 0.3 is 5.97 Å². The summed E-state index contributed by atoms with van der Waals surface area (Å²) in [4.78, 5) is 24.2. The predicted octanol–water partition coefficient (Wildman–Crippen LogP) is 3.14. The fourth-order valence-electron chi connectivity index (χ4n) is 2.30. The normalized spacial score (nSPS) is 12.6. The Morgan fingerprint density at radius 1 is 1.33 bits per heavy atom. The minimum atomic E-state index is -0.484. The van der Waals surface area contributed by atoms with E-state index in [1.807, 2.05) is 0 Å². The molecule has 0 atom stereocenters. The fraction of sp³-hybridized carbons (Fsp3) is 0.250. The molecule has 24 heavy (non-hydrogen) atoms. The van der Waals surface area contributed by atoms with Crippen molar-refractivity contribution in [2.75, 3.05) is 25.6 Å². The Bertz CT molecular complexity index is 789. The molecule has 0 saturated carbocycles. The number of thiophene rings is 1. The van der Waals surface area contributed by atoms with Gasteiger partial charge in [0.05, 0.1) is 24.2 Å². The molecule has 0 unspecified atom stereocenters. The number of benzene rings is 1. The lowest BCUT2D eigenvalue weighted by Gasteiger charge is -2.20. The highest BCUT2D eigenvalue weighted by atomic mass is 35.5. The lowest BCUT2D eigenvalue weighted by molar-refractivity contribution is -0.115.